The summed E-state index contributed by atoms with van der Waals surface area (Å²) in [6, 6.07) is 0.723. The third kappa shape index (κ3) is 2.28. The Morgan fingerprint density at radius 3 is 3.19 bits per heavy atom. The molecule has 1 aliphatic carbocycles. The van der Waals surface area contributed by atoms with Gasteiger partial charge in [-0.1, -0.05) is 5.16 Å². The molecule has 0 bridgehead atoms. The van der Waals surface area contributed by atoms with Gasteiger partial charge in [-0.05, 0) is 12.8 Å². The molecule has 84 valence electrons. The molecule has 1 aliphatic rings. The summed E-state index contributed by atoms with van der Waals surface area (Å²) in [4.78, 5) is 8.43. The van der Waals surface area contributed by atoms with E-state index in [1.165, 1.54) is 24.2 Å². The maximum absolute atomic E-state index is 5.15. The maximum atomic E-state index is 5.15. The third-order valence-electron chi connectivity index (χ3n) is 2.48. The molecule has 1 N–H and O–H groups in total. The van der Waals surface area contributed by atoms with Crippen molar-refractivity contribution in [3.05, 3.63) is 16.8 Å². The molecule has 2 aromatic heterocycles. The van der Waals surface area contributed by atoms with Crippen molar-refractivity contribution >= 4 is 11.3 Å². The second-order valence-electron chi connectivity index (χ2n) is 3.86. The Morgan fingerprint density at radius 1 is 1.50 bits per heavy atom. The zero-order chi connectivity index (χ0) is 10.8. The molecule has 1 saturated carbocycles. The fraction of sp³-hybridized carbons (Fsp3) is 0.500. The first-order valence-electron chi connectivity index (χ1n) is 5.36. The van der Waals surface area contributed by atoms with E-state index in [0.717, 1.165) is 24.7 Å². The highest BCUT2D eigenvalue weighted by molar-refractivity contribution is 7.07. The van der Waals surface area contributed by atoms with Crippen molar-refractivity contribution in [3.8, 4) is 11.5 Å². The van der Waals surface area contributed by atoms with Gasteiger partial charge in [0.05, 0.1) is 5.51 Å². The lowest BCUT2D eigenvalue weighted by molar-refractivity contribution is 0.376. The molecule has 0 aromatic carbocycles. The van der Waals surface area contributed by atoms with Gasteiger partial charge < -0.3 is 9.84 Å². The highest BCUT2D eigenvalue weighted by Gasteiger charge is 2.20. The number of thiazole rings is 1. The van der Waals surface area contributed by atoms with E-state index in [9.17, 15) is 0 Å². The van der Waals surface area contributed by atoms with E-state index in [0.29, 0.717) is 11.7 Å². The fourth-order valence-corrected chi connectivity index (χ4v) is 1.98. The zero-order valence-electron chi connectivity index (χ0n) is 8.72. The lowest BCUT2D eigenvalue weighted by Crippen LogP contribution is -2.19. The largest absolute Gasteiger partial charge is 0.339 e. The van der Waals surface area contributed by atoms with Crippen LogP contribution in [-0.2, 0) is 6.42 Å². The van der Waals surface area contributed by atoms with Crippen LogP contribution in [0.4, 0.5) is 0 Å². The van der Waals surface area contributed by atoms with Crippen molar-refractivity contribution in [2.24, 2.45) is 0 Å². The van der Waals surface area contributed by atoms with Crippen LogP contribution in [0.3, 0.4) is 0 Å². The van der Waals surface area contributed by atoms with Gasteiger partial charge in [0.2, 0.25) is 11.7 Å². The summed E-state index contributed by atoms with van der Waals surface area (Å²) in [5.41, 5.74) is 2.55. The molecule has 16 heavy (non-hydrogen) atoms. The fourth-order valence-electron chi connectivity index (χ4n) is 1.45. The van der Waals surface area contributed by atoms with Crippen molar-refractivity contribution < 1.29 is 4.52 Å². The smallest absolute Gasteiger partial charge is 0.228 e. The molecule has 0 radical (unpaired) electrons. The maximum Gasteiger partial charge on any atom is 0.228 e. The van der Waals surface area contributed by atoms with Gasteiger partial charge in [-0.2, -0.15) is 4.98 Å². The van der Waals surface area contributed by atoms with E-state index >= 15 is 0 Å². The molecule has 6 heteroatoms. The quantitative estimate of drug-likeness (QED) is 0.852. The predicted octanol–water partition coefficient (Wildman–Crippen LogP) is 1.49. The summed E-state index contributed by atoms with van der Waals surface area (Å²) in [5.74, 6) is 1.26. The van der Waals surface area contributed by atoms with Gasteiger partial charge in [0.15, 0.2) is 0 Å². The molecular weight excluding hydrogens is 224 g/mol. The average molecular weight is 236 g/mol. The van der Waals surface area contributed by atoms with Crippen LogP contribution in [0.25, 0.3) is 11.5 Å². The van der Waals surface area contributed by atoms with Crippen molar-refractivity contribution in [1.29, 1.82) is 0 Å². The summed E-state index contributed by atoms with van der Waals surface area (Å²) in [7, 11) is 0. The Morgan fingerprint density at radius 2 is 2.44 bits per heavy atom. The van der Waals surface area contributed by atoms with E-state index in [1.54, 1.807) is 5.51 Å². The van der Waals surface area contributed by atoms with Crippen LogP contribution in [0.2, 0.25) is 0 Å². The molecule has 0 aliphatic heterocycles. The molecule has 2 heterocycles. The molecular formula is C10H12N4OS. The predicted molar refractivity (Wildman–Crippen MR) is 60.1 cm³/mol. The Balaban J connectivity index is 1.59. The minimum absolute atomic E-state index is 0.586. The summed E-state index contributed by atoms with van der Waals surface area (Å²) in [6.07, 6.45) is 3.38. The van der Waals surface area contributed by atoms with E-state index in [1.807, 2.05) is 5.38 Å². The Bertz CT molecular complexity index is 449. The van der Waals surface area contributed by atoms with Crippen molar-refractivity contribution in [1.82, 2.24) is 20.4 Å². The topological polar surface area (TPSA) is 63.8 Å². The summed E-state index contributed by atoms with van der Waals surface area (Å²) in [6.45, 7) is 0.906. The minimum atomic E-state index is 0.586. The number of hydrogen-bond acceptors (Lipinski definition) is 6. The molecule has 0 amide bonds. The van der Waals surface area contributed by atoms with Crippen LogP contribution in [0.15, 0.2) is 15.4 Å². The second-order valence-corrected chi connectivity index (χ2v) is 4.58. The van der Waals surface area contributed by atoms with E-state index in [4.69, 9.17) is 4.52 Å². The lowest BCUT2D eigenvalue weighted by atomic mass is 10.4. The number of nitrogens with one attached hydrogen (secondary N) is 1. The molecule has 2 aromatic rings. The van der Waals surface area contributed by atoms with Gasteiger partial charge >= 0.3 is 0 Å². The SMILES string of the molecule is c1nc(-c2noc(CCNC3CC3)n2)cs1. The first-order chi connectivity index (χ1) is 7.92. The molecule has 0 spiro atoms. The van der Waals surface area contributed by atoms with Gasteiger partial charge in [0, 0.05) is 24.4 Å². The van der Waals surface area contributed by atoms with E-state index in [-0.39, 0.29) is 0 Å². The summed E-state index contributed by atoms with van der Waals surface area (Å²) in [5, 5.41) is 9.22. The summed E-state index contributed by atoms with van der Waals surface area (Å²) >= 11 is 1.53. The molecule has 3 rings (SSSR count). The Labute approximate surface area is 96.9 Å². The van der Waals surface area contributed by atoms with Gasteiger partial charge in [-0.15, -0.1) is 11.3 Å². The average Bonchev–Trinajstić information content (AvgIpc) is 2.83. The van der Waals surface area contributed by atoms with Crippen LogP contribution >= 0.6 is 11.3 Å². The van der Waals surface area contributed by atoms with E-state index in [2.05, 4.69) is 20.4 Å². The zero-order valence-corrected chi connectivity index (χ0v) is 9.54. The Hall–Kier alpha value is -1.27. The molecule has 0 atom stereocenters. The Kier molecular flexibility index (Phi) is 2.67. The van der Waals surface area contributed by atoms with Crippen LogP contribution in [-0.4, -0.2) is 27.7 Å². The number of aromatic nitrogens is 3. The van der Waals surface area contributed by atoms with Gasteiger partial charge in [-0.25, -0.2) is 4.98 Å². The monoisotopic (exact) mass is 236 g/mol. The lowest BCUT2D eigenvalue weighted by Gasteiger charge is -1.96. The summed E-state index contributed by atoms with van der Waals surface area (Å²) < 4.78 is 5.15. The van der Waals surface area contributed by atoms with Crippen molar-refractivity contribution in [2.75, 3.05) is 6.54 Å². The van der Waals surface area contributed by atoms with Gasteiger partial charge in [0.25, 0.3) is 0 Å². The number of nitrogens with zero attached hydrogens (tertiary/aromatic N) is 3. The van der Waals surface area contributed by atoms with Crippen molar-refractivity contribution in [3.63, 3.8) is 0 Å². The highest BCUT2D eigenvalue weighted by Crippen LogP contribution is 2.18. The van der Waals surface area contributed by atoms with Crippen LogP contribution in [0.5, 0.6) is 0 Å². The highest BCUT2D eigenvalue weighted by atomic mass is 32.1. The standard InChI is InChI=1S/C10H12N4OS/c1-2-7(1)11-4-3-9-13-10(14-15-9)8-5-16-6-12-8/h5-7,11H,1-4H2. The van der Waals surface area contributed by atoms with Crippen LogP contribution in [0.1, 0.15) is 18.7 Å². The number of rotatable bonds is 5. The molecule has 1 fully saturated rings. The van der Waals surface area contributed by atoms with Gasteiger partial charge in [0.1, 0.15) is 5.69 Å². The van der Waals surface area contributed by atoms with Crippen LogP contribution in [0, 0.1) is 0 Å². The second kappa shape index (κ2) is 4.31. The first-order valence-corrected chi connectivity index (χ1v) is 6.30. The molecule has 0 saturated heterocycles. The van der Waals surface area contributed by atoms with Crippen molar-refractivity contribution in [2.45, 2.75) is 25.3 Å². The molecule has 5 nitrogen and oxygen atoms in total. The molecule has 0 unspecified atom stereocenters. The van der Waals surface area contributed by atoms with E-state index < -0.39 is 0 Å². The third-order valence-corrected chi connectivity index (χ3v) is 3.07. The number of hydrogen-bond donors (Lipinski definition) is 1. The normalized spacial score (nSPS) is 15.5. The van der Waals surface area contributed by atoms with Crippen LogP contribution < -0.4 is 5.32 Å². The minimum Gasteiger partial charge on any atom is -0.339 e. The van der Waals surface area contributed by atoms with Gasteiger partial charge in [-0.3, -0.25) is 0 Å². The first kappa shape index (κ1) is 9.92.